The Balaban J connectivity index is 1.97. The molecule has 0 N–H and O–H groups in total. The van der Waals surface area contributed by atoms with Crippen LogP contribution in [0.15, 0.2) is 62.7 Å². The van der Waals surface area contributed by atoms with E-state index in [2.05, 4.69) is 32.6 Å². The molecule has 1 heterocycles. The summed E-state index contributed by atoms with van der Waals surface area (Å²) < 4.78 is 6.12. The van der Waals surface area contributed by atoms with Crippen molar-refractivity contribution in [3.63, 3.8) is 0 Å². The number of allylic oxidation sites excluding steroid dienone is 2. The third-order valence-electron chi connectivity index (χ3n) is 4.51. The molecule has 0 spiro atoms. The number of ether oxygens (including phenoxy) is 1. The smallest absolute Gasteiger partial charge is 0.410 e. The molecule has 0 aliphatic carbocycles. The molecular weight excluding hydrogens is 456 g/mol. The molecule has 2 rings (SSSR count). The standard InChI is InChI=1S/C21H26BrClN4O2/c1-16(22)13-25-26(3)20(23)12-19(24-2)18-10-7-11-27(14-18)21(28)29-15-17-8-5-4-6-9-17/h4-6,8-9,12-13,18H,1,7,10-11,14-15H2,2-3H3/b20-12-,24-19+,25-13-. The Hall–Kier alpha value is -2.12. The lowest BCUT2D eigenvalue weighted by molar-refractivity contribution is 0.0851. The Morgan fingerprint density at radius 1 is 1.45 bits per heavy atom. The van der Waals surface area contributed by atoms with Gasteiger partial charge in [0.25, 0.3) is 0 Å². The number of likely N-dealkylation sites (tertiary alicyclic amines) is 1. The number of carbonyl (C=O) groups is 1. The first-order chi connectivity index (χ1) is 13.9. The van der Waals surface area contributed by atoms with Crippen molar-refractivity contribution in [2.75, 3.05) is 27.2 Å². The fourth-order valence-electron chi connectivity index (χ4n) is 2.98. The van der Waals surface area contributed by atoms with E-state index < -0.39 is 0 Å². The second-order valence-electron chi connectivity index (χ2n) is 6.66. The van der Waals surface area contributed by atoms with Crippen LogP contribution in [-0.4, -0.2) is 55.1 Å². The lowest BCUT2D eigenvalue weighted by Crippen LogP contribution is -2.42. The Morgan fingerprint density at radius 2 is 2.17 bits per heavy atom. The number of nitrogens with zero attached hydrogens (tertiary/aromatic N) is 4. The van der Waals surface area contributed by atoms with Gasteiger partial charge in [0.05, 0.1) is 6.21 Å². The van der Waals surface area contributed by atoms with Crippen molar-refractivity contribution < 1.29 is 9.53 Å². The van der Waals surface area contributed by atoms with Gasteiger partial charge in [-0.1, -0.05) is 48.5 Å². The van der Waals surface area contributed by atoms with E-state index >= 15 is 0 Å². The van der Waals surface area contributed by atoms with Gasteiger partial charge in [0.1, 0.15) is 11.8 Å². The van der Waals surface area contributed by atoms with E-state index in [9.17, 15) is 4.79 Å². The summed E-state index contributed by atoms with van der Waals surface area (Å²) in [5, 5.41) is 6.14. The maximum atomic E-state index is 12.5. The highest BCUT2D eigenvalue weighted by Gasteiger charge is 2.27. The van der Waals surface area contributed by atoms with Crippen molar-refractivity contribution in [1.82, 2.24) is 9.91 Å². The van der Waals surface area contributed by atoms with Gasteiger partial charge in [-0.25, -0.2) is 4.79 Å². The molecule has 1 unspecified atom stereocenters. The van der Waals surface area contributed by atoms with Crippen LogP contribution in [0.1, 0.15) is 18.4 Å². The number of halogens is 2. The molecule has 1 aliphatic rings. The van der Waals surface area contributed by atoms with Crippen LogP contribution in [0.4, 0.5) is 4.79 Å². The Labute approximate surface area is 185 Å². The fourth-order valence-corrected chi connectivity index (χ4v) is 3.23. The molecule has 29 heavy (non-hydrogen) atoms. The van der Waals surface area contributed by atoms with Crippen LogP contribution in [0.3, 0.4) is 0 Å². The molecule has 1 amide bonds. The first-order valence-corrected chi connectivity index (χ1v) is 10.5. The predicted octanol–water partition coefficient (Wildman–Crippen LogP) is 5.01. The van der Waals surface area contributed by atoms with Gasteiger partial charge in [-0.15, -0.1) is 0 Å². The quantitative estimate of drug-likeness (QED) is 0.312. The van der Waals surface area contributed by atoms with Gasteiger partial charge in [-0.05, 0) is 40.4 Å². The number of benzene rings is 1. The van der Waals surface area contributed by atoms with Crippen molar-refractivity contribution in [3.05, 3.63) is 58.2 Å². The molecular formula is C21H26BrClN4O2. The largest absolute Gasteiger partial charge is 0.445 e. The van der Waals surface area contributed by atoms with Crippen LogP contribution in [-0.2, 0) is 11.3 Å². The van der Waals surface area contributed by atoms with E-state index in [-0.39, 0.29) is 18.6 Å². The molecule has 156 valence electrons. The van der Waals surface area contributed by atoms with Gasteiger partial charge in [0.15, 0.2) is 0 Å². The van der Waals surface area contributed by atoms with Crippen LogP contribution in [0, 0.1) is 5.92 Å². The molecule has 1 fully saturated rings. The molecule has 0 saturated carbocycles. The van der Waals surface area contributed by atoms with Gasteiger partial charge in [-0.2, -0.15) is 5.10 Å². The van der Waals surface area contributed by atoms with E-state index in [1.807, 2.05) is 30.3 Å². The summed E-state index contributed by atoms with van der Waals surface area (Å²) >= 11 is 9.59. The minimum Gasteiger partial charge on any atom is -0.445 e. The monoisotopic (exact) mass is 480 g/mol. The second kappa shape index (κ2) is 11.8. The van der Waals surface area contributed by atoms with Gasteiger partial charge in [-0.3, -0.25) is 10.0 Å². The maximum Gasteiger partial charge on any atom is 0.410 e. The topological polar surface area (TPSA) is 57.5 Å². The van der Waals surface area contributed by atoms with Gasteiger partial charge in [0, 0.05) is 43.3 Å². The molecule has 1 aromatic rings. The summed E-state index contributed by atoms with van der Waals surface area (Å²) in [7, 11) is 3.47. The molecule has 0 aromatic heterocycles. The third-order valence-corrected chi connectivity index (χ3v) is 5.07. The van der Waals surface area contributed by atoms with Crippen LogP contribution in [0.25, 0.3) is 0 Å². The van der Waals surface area contributed by atoms with Gasteiger partial charge >= 0.3 is 6.09 Å². The summed E-state index contributed by atoms with van der Waals surface area (Å²) in [6.45, 7) is 5.19. The number of amides is 1. The summed E-state index contributed by atoms with van der Waals surface area (Å²) in [6, 6.07) is 9.66. The summed E-state index contributed by atoms with van der Waals surface area (Å²) in [4.78, 5) is 18.6. The number of carbonyl (C=O) groups excluding carboxylic acids is 1. The molecule has 0 bridgehead atoms. The summed E-state index contributed by atoms with van der Waals surface area (Å²) in [5.41, 5.74) is 1.80. The van der Waals surface area contributed by atoms with Gasteiger partial charge in [0.2, 0.25) is 0 Å². The van der Waals surface area contributed by atoms with Crippen molar-refractivity contribution in [2.24, 2.45) is 16.0 Å². The highest BCUT2D eigenvalue weighted by atomic mass is 79.9. The molecule has 1 saturated heterocycles. The number of piperidine rings is 1. The van der Waals surface area contributed by atoms with E-state index in [4.69, 9.17) is 16.3 Å². The van der Waals surface area contributed by atoms with E-state index in [1.54, 1.807) is 31.3 Å². The maximum absolute atomic E-state index is 12.5. The van der Waals surface area contributed by atoms with Crippen LogP contribution < -0.4 is 0 Å². The molecule has 1 aromatic carbocycles. The molecule has 1 aliphatic heterocycles. The first-order valence-electron chi connectivity index (χ1n) is 9.32. The van der Waals surface area contributed by atoms with Crippen LogP contribution in [0.5, 0.6) is 0 Å². The zero-order chi connectivity index (χ0) is 21.2. The Bertz CT molecular complexity index is 795. The van der Waals surface area contributed by atoms with Crippen molar-refractivity contribution in [2.45, 2.75) is 19.4 Å². The normalized spacial score (nSPS) is 18.1. The van der Waals surface area contributed by atoms with Crippen LogP contribution >= 0.6 is 27.5 Å². The predicted molar refractivity (Wildman–Crippen MR) is 123 cm³/mol. The lowest BCUT2D eigenvalue weighted by Gasteiger charge is -2.32. The lowest BCUT2D eigenvalue weighted by atomic mass is 9.93. The highest BCUT2D eigenvalue weighted by Crippen LogP contribution is 2.21. The second-order valence-corrected chi connectivity index (χ2v) is 8.06. The minimum absolute atomic E-state index is 0.0929. The third kappa shape index (κ3) is 7.66. The number of aliphatic imine (C=N–C) groups is 1. The number of hydrazone groups is 1. The average molecular weight is 482 g/mol. The summed E-state index contributed by atoms with van der Waals surface area (Å²) in [5.74, 6) is 0.0929. The number of rotatable bonds is 7. The summed E-state index contributed by atoms with van der Waals surface area (Å²) in [6.07, 6.45) is 4.86. The van der Waals surface area contributed by atoms with Gasteiger partial charge < -0.3 is 9.64 Å². The van der Waals surface area contributed by atoms with Crippen molar-refractivity contribution in [1.29, 1.82) is 0 Å². The van der Waals surface area contributed by atoms with E-state index in [1.165, 1.54) is 5.01 Å². The van der Waals surface area contributed by atoms with E-state index in [0.717, 1.165) is 24.1 Å². The Kier molecular flexibility index (Phi) is 9.41. The molecule has 0 radical (unpaired) electrons. The van der Waals surface area contributed by atoms with Crippen molar-refractivity contribution in [3.8, 4) is 0 Å². The zero-order valence-corrected chi connectivity index (χ0v) is 19.1. The van der Waals surface area contributed by atoms with E-state index in [0.29, 0.717) is 22.7 Å². The minimum atomic E-state index is -0.304. The Morgan fingerprint density at radius 3 is 2.83 bits per heavy atom. The highest BCUT2D eigenvalue weighted by molar-refractivity contribution is 9.12. The average Bonchev–Trinajstić information content (AvgIpc) is 2.74. The molecule has 8 heteroatoms. The van der Waals surface area contributed by atoms with Crippen molar-refractivity contribution >= 4 is 45.6 Å². The zero-order valence-electron chi connectivity index (χ0n) is 16.7. The SMILES string of the molecule is C=C(Br)/C=N\N(C)/C(Cl)=C\C(=N/C)C1CCCN(C(=O)OCc2ccccc2)C1. The van der Waals surface area contributed by atoms with Crippen LogP contribution in [0.2, 0.25) is 0 Å². The molecule has 6 nitrogen and oxygen atoms in total. The number of hydrogen-bond donors (Lipinski definition) is 0. The first kappa shape index (κ1) is 23.2. The molecule has 1 atom stereocenters. The fraction of sp³-hybridized carbons (Fsp3) is 0.381. The number of hydrogen-bond acceptors (Lipinski definition) is 5.